The number of benzene rings is 2. The monoisotopic (exact) mass is 400 g/mol. The van der Waals surface area contributed by atoms with Crippen molar-refractivity contribution in [2.45, 2.75) is 38.5 Å². The average Bonchev–Trinajstić information content (AvgIpc) is 2.84. The highest BCUT2D eigenvalue weighted by Gasteiger charge is 2.24. The molecule has 2 aliphatic heterocycles. The van der Waals surface area contributed by atoms with Gasteiger partial charge in [-0.3, -0.25) is 4.79 Å². The number of carbonyl (C=O) groups excluding carboxylic acids is 1. The number of piperidine rings is 2. The Morgan fingerprint density at radius 3 is 1.43 bits per heavy atom. The van der Waals surface area contributed by atoms with Crippen LogP contribution >= 0.6 is 0 Å². The van der Waals surface area contributed by atoms with Gasteiger partial charge < -0.3 is 9.80 Å². The van der Waals surface area contributed by atoms with Gasteiger partial charge in [0.15, 0.2) is 5.78 Å². The Labute approximate surface area is 180 Å². The van der Waals surface area contributed by atoms with Crippen LogP contribution in [0.5, 0.6) is 0 Å². The van der Waals surface area contributed by atoms with Crippen molar-refractivity contribution in [3.63, 3.8) is 0 Å². The molecular formula is C27H32N2O. The molecule has 3 heteroatoms. The van der Waals surface area contributed by atoms with E-state index in [2.05, 4.69) is 35.1 Å². The van der Waals surface area contributed by atoms with Crippen molar-refractivity contribution in [1.29, 1.82) is 0 Å². The first-order valence-electron chi connectivity index (χ1n) is 11.3. The zero-order valence-electron chi connectivity index (χ0n) is 17.9. The molecule has 4 rings (SSSR count). The molecule has 0 saturated carbocycles. The van der Waals surface area contributed by atoms with Crippen LogP contribution in [0.4, 0.5) is 11.4 Å². The molecule has 2 saturated heterocycles. The van der Waals surface area contributed by atoms with Gasteiger partial charge in [0.05, 0.1) is 0 Å². The minimum atomic E-state index is 0.113. The molecule has 0 aliphatic carbocycles. The van der Waals surface area contributed by atoms with Crippen LogP contribution in [0.3, 0.4) is 0 Å². The highest BCUT2D eigenvalue weighted by Crippen LogP contribution is 2.32. The van der Waals surface area contributed by atoms with Crippen molar-refractivity contribution >= 4 is 29.3 Å². The van der Waals surface area contributed by atoms with Gasteiger partial charge in [0.2, 0.25) is 0 Å². The first-order valence-corrected chi connectivity index (χ1v) is 11.3. The van der Waals surface area contributed by atoms with E-state index >= 15 is 0 Å². The van der Waals surface area contributed by atoms with E-state index in [1.807, 2.05) is 36.4 Å². The highest BCUT2D eigenvalue weighted by molar-refractivity contribution is 6.15. The van der Waals surface area contributed by atoms with E-state index in [1.165, 1.54) is 38.5 Å². The molecule has 0 spiro atoms. The predicted molar refractivity (Wildman–Crippen MR) is 129 cm³/mol. The number of nitrogens with zero attached hydrogens (tertiary/aromatic N) is 2. The smallest absolute Gasteiger partial charge is 0.197 e. The summed E-state index contributed by atoms with van der Waals surface area (Å²) in [5, 5.41) is 0. The maximum absolute atomic E-state index is 13.9. The summed E-state index contributed by atoms with van der Waals surface area (Å²) in [6.07, 6.45) is 11.0. The molecule has 156 valence electrons. The van der Waals surface area contributed by atoms with Gasteiger partial charge in [0, 0.05) is 48.7 Å². The molecule has 2 aromatic rings. The molecule has 0 unspecified atom stereocenters. The molecule has 30 heavy (non-hydrogen) atoms. The van der Waals surface area contributed by atoms with Crippen molar-refractivity contribution < 1.29 is 4.79 Å². The highest BCUT2D eigenvalue weighted by atomic mass is 16.1. The summed E-state index contributed by atoms with van der Waals surface area (Å²) in [5.74, 6) is 0.113. The summed E-state index contributed by atoms with van der Waals surface area (Å²) in [6, 6.07) is 12.3. The van der Waals surface area contributed by atoms with Gasteiger partial charge in [-0.2, -0.15) is 0 Å². The lowest BCUT2D eigenvalue weighted by molar-refractivity contribution is 0.103. The van der Waals surface area contributed by atoms with Gasteiger partial charge >= 0.3 is 0 Å². The lowest BCUT2D eigenvalue weighted by Gasteiger charge is -2.32. The Bertz CT molecular complexity index is 858. The molecule has 2 aliphatic rings. The lowest BCUT2D eigenvalue weighted by Crippen LogP contribution is -2.32. The molecule has 0 amide bonds. The van der Waals surface area contributed by atoms with Gasteiger partial charge in [-0.05, 0) is 73.9 Å². The normalized spacial score (nSPS) is 16.9. The third kappa shape index (κ3) is 4.21. The largest absolute Gasteiger partial charge is 0.371 e. The van der Waals surface area contributed by atoms with Crippen molar-refractivity contribution in [2.75, 3.05) is 36.0 Å². The third-order valence-corrected chi connectivity index (χ3v) is 6.40. The van der Waals surface area contributed by atoms with E-state index in [9.17, 15) is 4.79 Å². The number of carbonyl (C=O) groups is 1. The van der Waals surface area contributed by atoms with E-state index in [0.29, 0.717) is 0 Å². The summed E-state index contributed by atoms with van der Waals surface area (Å²) in [5.41, 5.74) is 5.82. The van der Waals surface area contributed by atoms with Gasteiger partial charge in [0.1, 0.15) is 0 Å². The van der Waals surface area contributed by atoms with E-state index in [4.69, 9.17) is 0 Å². The Hall–Kier alpha value is -2.81. The van der Waals surface area contributed by atoms with Crippen LogP contribution in [0.15, 0.2) is 49.6 Å². The summed E-state index contributed by atoms with van der Waals surface area (Å²) < 4.78 is 0. The molecule has 0 N–H and O–H groups in total. The first-order chi connectivity index (χ1) is 14.7. The van der Waals surface area contributed by atoms with Gasteiger partial charge in [-0.25, -0.2) is 0 Å². The first kappa shape index (κ1) is 20.5. The lowest BCUT2D eigenvalue weighted by atomic mass is 9.95. The Morgan fingerprint density at radius 2 is 1.07 bits per heavy atom. The Morgan fingerprint density at radius 1 is 0.667 bits per heavy atom. The van der Waals surface area contributed by atoms with Crippen molar-refractivity contribution in [3.8, 4) is 0 Å². The minimum Gasteiger partial charge on any atom is -0.371 e. The number of ketones is 1. The molecule has 2 aromatic carbocycles. The van der Waals surface area contributed by atoms with Crippen molar-refractivity contribution in [2.24, 2.45) is 0 Å². The minimum absolute atomic E-state index is 0.113. The maximum Gasteiger partial charge on any atom is 0.197 e. The van der Waals surface area contributed by atoms with E-state index < -0.39 is 0 Å². The molecule has 0 aromatic heterocycles. The zero-order valence-corrected chi connectivity index (χ0v) is 17.9. The van der Waals surface area contributed by atoms with Crippen LogP contribution in [0.25, 0.3) is 12.2 Å². The van der Waals surface area contributed by atoms with Crippen LogP contribution in [-0.2, 0) is 0 Å². The second kappa shape index (κ2) is 9.34. The number of rotatable bonds is 6. The van der Waals surface area contributed by atoms with E-state index in [-0.39, 0.29) is 5.78 Å². The number of hydrogen-bond donors (Lipinski definition) is 0. The van der Waals surface area contributed by atoms with Crippen LogP contribution in [0.2, 0.25) is 0 Å². The van der Waals surface area contributed by atoms with Crippen LogP contribution in [0.1, 0.15) is 65.6 Å². The fourth-order valence-electron chi connectivity index (χ4n) is 4.67. The summed E-state index contributed by atoms with van der Waals surface area (Å²) in [4.78, 5) is 18.6. The van der Waals surface area contributed by atoms with Crippen molar-refractivity contribution in [3.05, 3.63) is 71.8 Å². The van der Waals surface area contributed by atoms with Crippen LogP contribution in [-0.4, -0.2) is 32.0 Å². The van der Waals surface area contributed by atoms with Gasteiger partial charge in [-0.15, -0.1) is 0 Å². The Balaban J connectivity index is 1.77. The topological polar surface area (TPSA) is 23.6 Å². The Kier molecular flexibility index (Phi) is 6.37. The van der Waals surface area contributed by atoms with Crippen molar-refractivity contribution in [1.82, 2.24) is 0 Å². The van der Waals surface area contributed by atoms with Gasteiger partial charge in [-0.1, -0.05) is 37.4 Å². The van der Waals surface area contributed by atoms with Crippen LogP contribution < -0.4 is 9.80 Å². The molecule has 2 fully saturated rings. The SMILES string of the molecule is C=Cc1ccc(C(=O)c2ccc(C=C)cc2N2CCCCC2)c(N2CCCCC2)c1. The third-order valence-electron chi connectivity index (χ3n) is 6.40. The molecule has 2 heterocycles. The molecule has 0 bridgehead atoms. The summed E-state index contributed by atoms with van der Waals surface area (Å²) in [6.45, 7) is 11.9. The van der Waals surface area contributed by atoms with Gasteiger partial charge in [0.25, 0.3) is 0 Å². The number of hydrogen-bond acceptors (Lipinski definition) is 3. The van der Waals surface area contributed by atoms with E-state index in [0.717, 1.165) is 59.8 Å². The second-order valence-corrected chi connectivity index (χ2v) is 8.39. The number of anilines is 2. The van der Waals surface area contributed by atoms with Crippen LogP contribution in [0, 0.1) is 0 Å². The quantitative estimate of drug-likeness (QED) is 0.541. The molecular weight excluding hydrogens is 368 g/mol. The molecule has 0 radical (unpaired) electrons. The average molecular weight is 401 g/mol. The summed E-state index contributed by atoms with van der Waals surface area (Å²) in [7, 11) is 0. The fraction of sp³-hybridized carbons (Fsp3) is 0.370. The van der Waals surface area contributed by atoms with E-state index in [1.54, 1.807) is 0 Å². The molecule has 3 nitrogen and oxygen atoms in total. The molecule has 0 atom stereocenters. The fourth-order valence-corrected chi connectivity index (χ4v) is 4.67. The second-order valence-electron chi connectivity index (χ2n) is 8.39. The standard InChI is InChI=1S/C27H32N2O/c1-3-21-11-13-23(25(19-21)28-15-7-5-8-16-28)27(30)24-14-12-22(4-2)20-26(24)29-17-9-6-10-18-29/h3-4,11-14,19-20H,1-2,5-10,15-18H2. The maximum atomic E-state index is 13.9. The zero-order chi connectivity index (χ0) is 20.9. The summed E-state index contributed by atoms with van der Waals surface area (Å²) >= 11 is 0. The predicted octanol–water partition coefficient (Wildman–Crippen LogP) is 6.18.